The van der Waals surface area contributed by atoms with E-state index in [0.29, 0.717) is 6.54 Å². The average Bonchev–Trinajstić information content (AvgIpc) is 2.73. The van der Waals surface area contributed by atoms with Crippen molar-refractivity contribution in [3.8, 4) is 0 Å². The molecule has 0 atom stereocenters. The molecule has 2 N–H and O–H groups in total. The van der Waals surface area contributed by atoms with Gasteiger partial charge in [-0.05, 0) is 42.3 Å². The van der Waals surface area contributed by atoms with Gasteiger partial charge in [-0.1, -0.05) is 18.2 Å². The van der Waals surface area contributed by atoms with Gasteiger partial charge < -0.3 is 5.73 Å². The fourth-order valence-electron chi connectivity index (χ4n) is 1.93. The van der Waals surface area contributed by atoms with E-state index in [1.807, 2.05) is 42.5 Å². The summed E-state index contributed by atoms with van der Waals surface area (Å²) in [5.41, 5.74) is 10.6. The molecule has 0 aliphatic carbocycles. The lowest BCUT2D eigenvalue weighted by molar-refractivity contribution is 0.600. The van der Waals surface area contributed by atoms with E-state index in [-0.39, 0.29) is 0 Å². The summed E-state index contributed by atoms with van der Waals surface area (Å²) in [7, 11) is 0. The number of hydrogen-bond acceptors (Lipinski definition) is 3. The summed E-state index contributed by atoms with van der Waals surface area (Å²) < 4.78 is 0. The van der Waals surface area contributed by atoms with Crippen LogP contribution in [0.25, 0.3) is 11.0 Å². The number of nitrogens with two attached hydrogens (primary N) is 1. The van der Waals surface area contributed by atoms with Gasteiger partial charge in [0.25, 0.3) is 0 Å². The van der Waals surface area contributed by atoms with Crippen molar-refractivity contribution in [1.29, 1.82) is 0 Å². The maximum absolute atomic E-state index is 5.66. The highest BCUT2D eigenvalue weighted by molar-refractivity contribution is 5.74. The summed E-state index contributed by atoms with van der Waals surface area (Å²) in [5, 5.41) is 8.91. The number of aromatic nitrogens is 3. The van der Waals surface area contributed by atoms with Crippen molar-refractivity contribution < 1.29 is 0 Å². The highest BCUT2D eigenvalue weighted by atomic mass is 15.5. The summed E-state index contributed by atoms with van der Waals surface area (Å²) in [6.07, 6.45) is 0. The van der Waals surface area contributed by atoms with E-state index in [2.05, 4.69) is 17.1 Å². The Kier molecular flexibility index (Phi) is 2.48. The maximum atomic E-state index is 5.66. The van der Waals surface area contributed by atoms with Gasteiger partial charge in [0, 0.05) is 5.69 Å². The van der Waals surface area contributed by atoms with Gasteiger partial charge >= 0.3 is 0 Å². The molecule has 0 saturated heterocycles. The van der Waals surface area contributed by atoms with Gasteiger partial charge in [0.2, 0.25) is 0 Å². The Morgan fingerprint density at radius 1 is 1.00 bits per heavy atom. The van der Waals surface area contributed by atoms with E-state index in [9.17, 15) is 0 Å². The lowest BCUT2D eigenvalue weighted by Gasteiger charge is -2.00. The molecular weight excluding hydrogens is 224 g/mol. The molecule has 0 aliphatic heterocycles. The van der Waals surface area contributed by atoms with Crippen LogP contribution in [-0.4, -0.2) is 15.0 Å². The van der Waals surface area contributed by atoms with Crippen molar-refractivity contribution in [2.75, 3.05) is 5.73 Å². The molecule has 2 aromatic carbocycles. The number of hydrogen-bond donors (Lipinski definition) is 1. The van der Waals surface area contributed by atoms with Crippen LogP contribution in [0.5, 0.6) is 0 Å². The Morgan fingerprint density at radius 3 is 2.50 bits per heavy atom. The van der Waals surface area contributed by atoms with Gasteiger partial charge in [0.05, 0.1) is 6.54 Å². The zero-order valence-electron chi connectivity index (χ0n) is 10.2. The lowest BCUT2D eigenvalue weighted by atomic mass is 10.2. The molecule has 0 saturated carbocycles. The summed E-state index contributed by atoms with van der Waals surface area (Å²) in [6, 6.07) is 13.9. The summed E-state index contributed by atoms with van der Waals surface area (Å²) in [6.45, 7) is 2.71. The molecule has 90 valence electrons. The van der Waals surface area contributed by atoms with Gasteiger partial charge in [-0.15, -0.1) is 0 Å². The van der Waals surface area contributed by atoms with Crippen molar-refractivity contribution in [2.45, 2.75) is 13.5 Å². The number of rotatable bonds is 2. The van der Waals surface area contributed by atoms with E-state index in [0.717, 1.165) is 22.3 Å². The topological polar surface area (TPSA) is 56.7 Å². The van der Waals surface area contributed by atoms with Crippen LogP contribution in [0.4, 0.5) is 5.69 Å². The van der Waals surface area contributed by atoms with E-state index >= 15 is 0 Å². The smallest absolute Gasteiger partial charge is 0.113 e. The monoisotopic (exact) mass is 238 g/mol. The molecule has 0 bridgehead atoms. The van der Waals surface area contributed by atoms with Crippen LogP contribution in [0.2, 0.25) is 0 Å². The molecule has 3 rings (SSSR count). The second kappa shape index (κ2) is 4.14. The first-order valence-electron chi connectivity index (χ1n) is 5.87. The molecule has 0 radical (unpaired) electrons. The van der Waals surface area contributed by atoms with Crippen molar-refractivity contribution in [3.05, 3.63) is 53.6 Å². The predicted molar refractivity (Wildman–Crippen MR) is 72.2 cm³/mol. The van der Waals surface area contributed by atoms with Crippen LogP contribution in [0.3, 0.4) is 0 Å². The minimum atomic E-state index is 0.661. The van der Waals surface area contributed by atoms with Crippen LogP contribution in [0.1, 0.15) is 11.1 Å². The Morgan fingerprint density at radius 2 is 1.72 bits per heavy atom. The number of aryl methyl sites for hydroxylation is 1. The minimum absolute atomic E-state index is 0.661. The average molecular weight is 238 g/mol. The van der Waals surface area contributed by atoms with Crippen LogP contribution in [0.15, 0.2) is 42.5 Å². The molecule has 0 unspecified atom stereocenters. The van der Waals surface area contributed by atoms with Crippen LogP contribution < -0.4 is 5.73 Å². The van der Waals surface area contributed by atoms with Crippen molar-refractivity contribution in [1.82, 2.24) is 15.0 Å². The molecule has 0 spiro atoms. The number of nitrogen functional groups attached to an aromatic ring is 1. The fraction of sp³-hybridized carbons (Fsp3) is 0.143. The van der Waals surface area contributed by atoms with Crippen LogP contribution in [0, 0.1) is 6.92 Å². The van der Waals surface area contributed by atoms with E-state index in [1.54, 1.807) is 4.80 Å². The molecule has 1 heterocycles. The van der Waals surface area contributed by atoms with E-state index in [4.69, 9.17) is 5.73 Å². The second-order valence-electron chi connectivity index (χ2n) is 4.46. The van der Waals surface area contributed by atoms with E-state index in [1.165, 1.54) is 5.56 Å². The van der Waals surface area contributed by atoms with Crippen LogP contribution >= 0.6 is 0 Å². The molecule has 1 aromatic heterocycles. The zero-order chi connectivity index (χ0) is 12.5. The van der Waals surface area contributed by atoms with Gasteiger partial charge in [-0.2, -0.15) is 15.0 Å². The SMILES string of the molecule is Cc1ccc2nn(Cc3ccc(N)cc3)nc2c1. The number of benzene rings is 2. The van der Waals surface area contributed by atoms with Gasteiger partial charge in [-0.25, -0.2) is 0 Å². The first-order chi connectivity index (χ1) is 8.70. The second-order valence-corrected chi connectivity index (χ2v) is 4.46. The fourth-order valence-corrected chi connectivity index (χ4v) is 1.93. The molecular formula is C14H14N4. The first-order valence-corrected chi connectivity index (χ1v) is 5.87. The standard InChI is InChI=1S/C14H14N4/c1-10-2-7-13-14(8-10)17-18(16-13)9-11-3-5-12(15)6-4-11/h2-8H,9,15H2,1H3. The Labute approximate surface area is 105 Å². The Balaban J connectivity index is 1.92. The zero-order valence-corrected chi connectivity index (χ0v) is 10.2. The molecule has 18 heavy (non-hydrogen) atoms. The molecule has 4 nitrogen and oxygen atoms in total. The normalized spacial score (nSPS) is 10.9. The first kappa shape index (κ1) is 10.8. The summed E-state index contributed by atoms with van der Waals surface area (Å²) in [4.78, 5) is 1.72. The molecule has 0 aliphatic rings. The van der Waals surface area contributed by atoms with Gasteiger partial charge in [0.15, 0.2) is 0 Å². The van der Waals surface area contributed by atoms with Crippen molar-refractivity contribution in [3.63, 3.8) is 0 Å². The molecule has 0 amide bonds. The van der Waals surface area contributed by atoms with Gasteiger partial charge in [0.1, 0.15) is 11.0 Å². The third-order valence-electron chi connectivity index (χ3n) is 2.88. The Hall–Kier alpha value is -2.36. The van der Waals surface area contributed by atoms with Crippen molar-refractivity contribution >= 4 is 16.7 Å². The largest absolute Gasteiger partial charge is 0.399 e. The predicted octanol–water partition coefficient (Wildman–Crippen LogP) is 2.37. The molecule has 4 heteroatoms. The highest BCUT2D eigenvalue weighted by Crippen LogP contribution is 2.12. The third kappa shape index (κ3) is 2.05. The maximum Gasteiger partial charge on any atom is 0.113 e. The van der Waals surface area contributed by atoms with Crippen LogP contribution in [-0.2, 0) is 6.54 Å². The number of nitrogens with zero attached hydrogens (tertiary/aromatic N) is 3. The minimum Gasteiger partial charge on any atom is -0.399 e. The Bertz CT molecular complexity index is 683. The van der Waals surface area contributed by atoms with Gasteiger partial charge in [-0.3, -0.25) is 0 Å². The van der Waals surface area contributed by atoms with Crippen molar-refractivity contribution in [2.24, 2.45) is 0 Å². The highest BCUT2D eigenvalue weighted by Gasteiger charge is 2.03. The summed E-state index contributed by atoms with van der Waals surface area (Å²) >= 11 is 0. The summed E-state index contributed by atoms with van der Waals surface area (Å²) in [5.74, 6) is 0. The van der Waals surface area contributed by atoms with E-state index < -0.39 is 0 Å². The lowest BCUT2D eigenvalue weighted by Crippen LogP contribution is -2.03. The number of fused-ring (bicyclic) bond motifs is 1. The quantitative estimate of drug-likeness (QED) is 0.697. The third-order valence-corrected chi connectivity index (χ3v) is 2.88. The molecule has 3 aromatic rings. The molecule has 0 fully saturated rings. The number of anilines is 1.